The van der Waals surface area contributed by atoms with Crippen LogP contribution in [0.1, 0.15) is 32.3 Å². The van der Waals surface area contributed by atoms with Gasteiger partial charge in [-0.15, -0.1) is 0 Å². The molecule has 2 heterocycles. The van der Waals surface area contributed by atoms with E-state index in [0.717, 1.165) is 24.9 Å². The van der Waals surface area contributed by atoms with Gasteiger partial charge in [-0.25, -0.2) is 4.98 Å². The Hall–Kier alpha value is -1.93. The van der Waals surface area contributed by atoms with Gasteiger partial charge in [0.15, 0.2) is 0 Å². The molecule has 5 nitrogen and oxygen atoms in total. The predicted molar refractivity (Wildman–Crippen MR) is 81.6 cm³/mol. The lowest BCUT2D eigenvalue weighted by molar-refractivity contribution is -0.122. The van der Waals surface area contributed by atoms with Crippen molar-refractivity contribution in [3.8, 4) is 6.07 Å². The molecule has 2 rings (SSSR count). The molecule has 0 aliphatic carbocycles. The van der Waals surface area contributed by atoms with E-state index in [0.29, 0.717) is 12.4 Å². The third kappa shape index (κ3) is 3.59. The van der Waals surface area contributed by atoms with Crippen molar-refractivity contribution < 1.29 is 4.79 Å². The van der Waals surface area contributed by atoms with Crippen LogP contribution >= 0.6 is 0 Å². The minimum atomic E-state index is -0.528. The number of hydrogen-bond acceptors (Lipinski definition) is 4. The van der Waals surface area contributed by atoms with Gasteiger partial charge >= 0.3 is 0 Å². The van der Waals surface area contributed by atoms with Gasteiger partial charge in [-0.3, -0.25) is 9.69 Å². The summed E-state index contributed by atoms with van der Waals surface area (Å²) >= 11 is 0. The second-order valence-electron chi connectivity index (χ2n) is 6.11. The molecule has 0 radical (unpaired) electrons. The normalized spacial score (nSPS) is 19.8. The molecule has 1 fully saturated rings. The van der Waals surface area contributed by atoms with Gasteiger partial charge in [0.25, 0.3) is 0 Å². The number of aryl methyl sites for hydroxylation is 1. The fraction of sp³-hybridized carbons (Fsp3) is 0.562. The number of nitriles is 1. The first-order chi connectivity index (χ1) is 9.94. The van der Waals surface area contributed by atoms with Crippen molar-refractivity contribution in [1.29, 1.82) is 5.26 Å². The molecule has 1 aliphatic heterocycles. The number of likely N-dealkylation sites (tertiary alicyclic amines) is 1. The topological polar surface area (TPSA) is 69.0 Å². The summed E-state index contributed by atoms with van der Waals surface area (Å²) in [4.78, 5) is 18.7. The number of rotatable bonds is 3. The van der Waals surface area contributed by atoms with Crippen LogP contribution in [0.3, 0.4) is 0 Å². The Balaban J connectivity index is 2.03. The quantitative estimate of drug-likeness (QED) is 0.926. The summed E-state index contributed by atoms with van der Waals surface area (Å²) < 4.78 is 0. The minimum Gasteiger partial charge on any atom is -0.310 e. The third-order valence-electron chi connectivity index (χ3n) is 4.11. The number of anilines is 1. The van der Waals surface area contributed by atoms with E-state index in [1.54, 1.807) is 6.20 Å². The molecule has 5 heteroatoms. The number of amides is 1. The third-order valence-corrected chi connectivity index (χ3v) is 4.11. The number of nitrogens with zero attached hydrogens (tertiary/aromatic N) is 3. The summed E-state index contributed by atoms with van der Waals surface area (Å²) in [6.07, 6.45) is 3.47. The Morgan fingerprint density at radius 2 is 2.33 bits per heavy atom. The summed E-state index contributed by atoms with van der Waals surface area (Å²) in [7, 11) is 0. The van der Waals surface area contributed by atoms with Crippen LogP contribution in [0, 0.1) is 24.2 Å². The standard InChI is InChI=1S/C16H22N4O/c1-12-6-4-8-18-14(12)19-15(21)13-7-5-9-20(10-13)16(2,3)11-17/h4,6,8,13H,5,7,9-10H2,1-3H3,(H,18,19,21)/t13-/m0/s1. The first-order valence-corrected chi connectivity index (χ1v) is 7.33. The first kappa shape index (κ1) is 15.5. The van der Waals surface area contributed by atoms with Crippen LogP contribution in [0.25, 0.3) is 0 Å². The number of pyridine rings is 1. The van der Waals surface area contributed by atoms with Gasteiger partial charge in [0.05, 0.1) is 12.0 Å². The van der Waals surface area contributed by atoms with Crippen molar-refractivity contribution in [3.05, 3.63) is 23.9 Å². The average molecular weight is 286 g/mol. The molecule has 1 saturated heterocycles. The zero-order chi connectivity index (χ0) is 15.5. The molecule has 1 amide bonds. The highest BCUT2D eigenvalue weighted by Crippen LogP contribution is 2.24. The summed E-state index contributed by atoms with van der Waals surface area (Å²) in [5.41, 5.74) is 0.427. The first-order valence-electron chi connectivity index (χ1n) is 7.33. The summed E-state index contributed by atoms with van der Waals surface area (Å²) in [5, 5.41) is 12.2. The lowest BCUT2D eigenvalue weighted by atomic mass is 9.92. The SMILES string of the molecule is Cc1cccnc1NC(=O)[C@H]1CCCN(C(C)(C)C#N)C1. The molecule has 1 aromatic heterocycles. The molecular weight excluding hydrogens is 264 g/mol. The molecule has 112 valence electrons. The average Bonchev–Trinajstić information content (AvgIpc) is 2.49. The summed E-state index contributed by atoms with van der Waals surface area (Å²) in [5.74, 6) is 0.530. The smallest absolute Gasteiger partial charge is 0.229 e. The van der Waals surface area contributed by atoms with Crippen LogP contribution in [0.4, 0.5) is 5.82 Å². The molecule has 0 unspecified atom stereocenters. The van der Waals surface area contributed by atoms with E-state index in [1.165, 1.54) is 0 Å². The van der Waals surface area contributed by atoms with E-state index in [9.17, 15) is 10.1 Å². The summed E-state index contributed by atoms with van der Waals surface area (Å²) in [6, 6.07) is 6.09. The van der Waals surface area contributed by atoms with Gasteiger partial charge in [0.2, 0.25) is 5.91 Å². The van der Waals surface area contributed by atoms with E-state index < -0.39 is 5.54 Å². The van der Waals surface area contributed by atoms with E-state index in [4.69, 9.17) is 0 Å². The zero-order valence-corrected chi connectivity index (χ0v) is 12.9. The van der Waals surface area contributed by atoms with Gasteiger partial charge in [-0.2, -0.15) is 5.26 Å². The molecular formula is C16H22N4O. The van der Waals surface area contributed by atoms with Crippen LogP contribution in [-0.2, 0) is 4.79 Å². The second-order valence-corrected chi connectivity index (χ2v) is 6.11. The number of piperidine rings is 1. The van der Waals surface area contributed by atoms with Crippen LogP contribution in [-0.4, -0.2) is 34.4 Å². The van der Waals surface area contributed by atoms with Crippen LogP contribution in [0.5, 0.6) is 0 Å². The Kier molecular flexibility index (Phi) is 4.59. The highest BCUT2D eigenvalue weighted by Gasteiger charge is 2.34. The monoisotopic (exact) mass is 286 g/mol. The number of carbonyl (C=O) groups is 1. The van der Waals surface area contributed by atoms with Gasteiger partial charge in [-0.05, 0) is 51.8 Å². The largest absolute Gasteiger partial charge is 0.310 e. The molecule has 1 aliphatic rings. The molecule has 1 atom stereocenters. The maximum absolute atomic E-state index is 12.4. The minimum absolute atomic E-state index is 0.00441. The molecule has 0 bridgehead atoms. The van der Waals surface area contributed by atoms with Crippen molar-refractivity contribution in [1.82, 2.24) is 9.88 Å². The van der Waals surface area contributed by atoms with Crippen molar-refractivity contribution in [2.75, 3.05) is 18.4 Å². The maximum atomic E-state index is 12.4. The number of nitrogens with one attached hydrogen (secondary N) is 1. The fourth-order valence-electron chi connectivity index (χ4n) is 2.60. The van der Waals surface area contributed by atoms with E-state index in [-0.39, 0.29) is 11.8 Å². The highest BCUT2D eigenvalue weighted by atomic mass is 16.2. The van der Waals surface area contributed by atoms with Crippen LogP contribution in [0.2, 0.25) is 0 Å². The van der Waals surface area contributed by atoms with Crippen LogP contribution in [0.15, 0.2) is 18.3 Å². The molecule has 0 spiro atoms. The zero-order valence-electron chi connectivity index (χ0n) is 12.9. The lowest BCUT2D eigenvalue weighted by Gasteiger charge is -2.39. The second kappa shape index (κ2) is 6.23. The van der Waals surface area contributed by atoms with E-state index in [2.05, 4.69) is 21.3 Å². The molecule has 1 aromatic rings. The predicted octanol–water partition coefficient (Wildman–Crippen LogP) is 2.34. The Morgan fingerprint density at radius 3 is 3.00 bits per heavy atom. The van der Waals surface area contributed by atoms with Crippen molar-refractivity contribution in [3.63, 3.8) is 0 Å². The summed E-state index contributed by atoms with van der Waals surface area (Å²) in [6.45, 7) is 7.21. The van der Waals surface area contributed by atoms with Gasteiger partial charge < -0.3 is 5.32 Å². The number of hydrogen-bond donors (Lipinski definition) is 1. The van der Waals surface area contributed by atoms with Crippen molar-refractivity contribution >= 4 is 11.7 Å². The fourth-order valence-corrected chi connectivity index (χ4v) is 2.60. The maximum Gasteiger partial charge on any atom is 0.229 e. The number of carbonyl (C=O) groups excluding carboxylic acids is 1. The van der Waals surface area contributed by atoms with E-state index >= 15 is 0 Å². The lowest BCUT2D eigenvalue weighted by Crippen LogP contribution is -2.50. The highest BCUT2D eigenvalue weighted by molar-refractivity contribution is 5.92. The number of aromatic nitrogens is 1. The van der Waals surface area contributed by atoms with Crippen molar-refractivity contribution in [2.45, 2.75) is 39.2 Å². The Morgan fingerprint density at radius 1 is 1.57 bits per heavy atom. The van der Waals surface area contributed by atoms with Gasteiger partial charge in [-0.1, -0.05) is 6.07 Å². The van der Waals surface area contributed by atoms with Crippen molar-refractivity contribution in [2.24, 2.45) is 5.92 Å². The Labute approximate surface area is 126 Å². The van der Waals surface area contributed by atoms with Gasteiger partial charge in [0.1, 0.15) is 11.4 Å². The van der Waals surface area contributed by atoms with Gasteiger partial charge in [0, 0.05) is 12.7 Å². The Bertz CT molecular complexity index is 562. The molecule has 0 saturated carbocycles. The van der Waals surface area contributed by atoms with Crippen LogP contribution < -0.4 is 5.32 Å². The molecule has 1 N–H and O–H groups in total. The van der Waals surface area contributed by atoms with E-state index in [1.807, 2.05) is 32.9 Å². The molecule has 0 aromatic carbocycles. The molecule has 21 heavy (non-hydrogen) atoms.